The number of hydrogen-bond acceptors (Lipinski definition) is 10. The van der Waals surface area contributed by atoms with Crippen molar-refractivity contribution in [2.45, 2.75) is 64.1 Å². The summed E-state index contributed by atoms with van der Waals surface area (Å²) >= 11 is 0. The number of nitriles is 1. The van der Waals surface area contributed by atoms with Crippen LogP contribution in [0.15, 0.2) is 119 Å². The summed E-state index contributed by atoms with van der Waals surface area (Å²) in [6.45, 7) is 9.39. The van der Waals surface area contributed by atoms with Gasteiger partial charge in [0.25, 0.3) is 15.9 Å². The van der Waals surface area contributed by atoms with E-state index in [0.717, 1.165) is 33.5 Å². The van der Waals surface area contributed by atoms with Crippen LogP contribution < -0.4 is 14.8 Å². The molecule has 0 fully saturated rings. The monoisotopic (exact) mass is 860 g/mol. The maximum Gasteiger partial charge on any atom is 0.308 e. The molecule has 2 aromatic heterocycles. The van der Waals surface area contributed by atoms with Crippen LogP contribution >= 0.6 is 0 Å². The van der Waals surface area contributed by atoms with Gasteiger partial charge in [-0.15, -0.1) is 10.2 Å². The summed E-state index contributed by atoms with van der Waals surface area (Å²) in [6.07, 6.45) is 1.53. The van der Waals surface area contributed by atoms with E-state index in [4.69, 9.17) is 14.5 Å². The highest BCUT2D eigenvalue weighted by molar-refractivity contribution is 7.92. The van der Waals surface area contributed by atoms with Crippen LogP contribution in [0.2, 0.25) is 0 Å². The topological polar surface area (TPSA) is 193 Å². The van der Waals surface area contributed by atoms with Gasteiger partial charge in [0, 0.05) is 34.8 Å². The van der Waals surface area contributed by atoms with Crippen molar-refractivity contribution in [2.75, 3.05) is 11.8 Å². The number of aromatic nitrogens is 4. The third-order valence-corrected chi connectivity index (χ3v) is 12.0. The van der Waals surface area contributed by atoms with Crippen LogP contribution in [0.1, 0.15) is 83.1 Å². The summed E-state index contributed by atoms with van der Waals surface area (Å²) in [5.74, 6) is 1.15. The van der Waals surface area contributed by atoms with Crippen LogP contribution in [0.3, 0.4) is 0 Å². The smallest absolute Gasteiger partial charge is 0.308 e. The van der Waals surface area contributed by atoms with Crippen molar-refractivity contribution in [1.82, 2.24) is 25.1 Å². The highest BCUT2D eigenvalue weighted by Gasteiger charge is 2.31. The number of methoxy groups -OCH3 is 1. The normalized spacial score (nSPS) is 13.5. The number of ether oxygens (including phenoxy) is 2. The molecular formula is C48H44N8O6S. The molecule has 0 aliphatic carbocycles. The van der Waals surface area contributed by atoms with Gasteiger partial charge in [-0.25, -0.2) is 8.42 Å². The number of nitrogens with zero attached hydrogens (tertiary/aromatic N) is 5. The lowest BCUT2D eigenvalue weighted by molar-refractivity contribution is -0.155. The van der Waals surface area contributed by atoms with E-state index in [2.05, 4.69) is 31.3 Å². The number of amides is 1. The van der Waals surface area contributed by atoms with Crippen LogP contribution in [0.5, 0.6) is 5.75 Å². The summed E-state index contributed by atoms with van der Waals surface area (Å²) in [5, 5.41) is 21.8. The minimum absolute atomic E-state index is 0.0317. The molecule has 1 amide bonds. The van der Waals surface area contributed by atoms with E-state index in [9.17, 15) is 23.3 Å². The van der Waals surface area contributed by atoms with Gasteiger partial charge in [-0.2, -0.15) is 5.26 Å². The number of aryl methyl sites for hydroxylation is 2. The first-order valence-electron chi connectivity index (χ1n) is 20.1. The second-order valence-electron chi connectivity index (χ2n) is 16.2. The molecule has 15 heteroatoms. The van der Waals surface area contributed by atoms with Crippen LogP contribution in [0.4, 0.5) is 5.69 Å². The summed E-state index contributed by atoms with van der Waals surface area (Å²) in [5.41, 5.74) is 7.55. The molecule has 0 bridgehead atoms. The zero-order valence-electron chi connectivity index (χ0n) is 35.5. The van der Waals surface area contributed by atoms with E-state index >= 15 is 0 Å². The Morgan fingerprint density at radius 2 is 1.57 bits per heavy atom. The number of benzene rings is 5. The molecule has 1 aliphatic rings. The quantitative estimate of drug-likeness (QED) is 0.107. The SMILES string of the molecule is COc1ccc2c(c1)C(c1ccc(-c3ccc(C(=O)NCc4ccc(S(=O)(=O)Nc5ccc(C)c6c(C#N)c[nH]c56)cc4)cc3)cc1)=N[C@@H](CC(=O)OC(C)(C)C)c1nnc(C)n1-2. The molecule has 0 radical (unpaired) electrons. The number of esters is 1. The first-order chi connectivity index (χ1) is 30.1. The molecular weight excluding hydrogens is 817 g/mol. The van der Waals surface area contributed by atoms with Gasteiger partial charge in [-0.05, 0) is 105 Å². The highest BCUT2D eigenvalue weighted by atomic mass is 32.2. The first kappa shape index (κ1) is 42.1. The fourth-order valence-electron chi connectivity index (χ4n) is 7.61. The molecule has 5 aromatic carbocycles. The molecule has 0 spiro atoms. The van der Waals surface area contributed by atoms with E-state index in [0.29, 0.717) is 56.4 Å². The van der Waals surface area contributed by atoms with Gasteiger partial charge in [0.15, 0.2) is 5.82 Å². The maximum atomic E-state index is 13.3. The van der Waals surface area contributed by atoms with Crippen molar-refractivity contribution in [3.63, 3.8) is 0 Å². The molecule has 0 unspecified atom stereocenters. The number of anilines is 1. The number of aliphatic imine (C=N–C) groups is 1. The summed E-state index contributed by atoms with van der Waals surface area (Å²) in [6, 6.07) is 32.1. The standard InChI is InChI=1S/C48H44N8O6S/c1-28-7-21-39(45-43(28)35(25-49)27-50-45)55-63(59,60)37-19-8-30(9-20-37)26-51-47(58)34-16-12-32(13-17-34)31-10-14-33(15-11-31)44-38-23-36(61-6)18-22-41(38)56-29(2)53-54-46(56)40(52-44)24-42(57)62-48(3,4)5/h7-23,27,40,50,55H,24,26H2,1-6H3,(H,51,58)/t40-/m0/s1. The minimum Gasteiger partial charge on any atom is -0.497 e. The van der Waals surface area contributed by atoms with E-state index < -0.39 is 27.6 Å². The fraction of sp³-hybridized carbons (Fsp3) is 0.208. The van der Waals surface area contributed by atoms with E-state index in [-0.39, 0.29) is 23.8 Å². The number of H-pyrrole nitrogens is 1. The molecule has 0 saturated carbocycles. The molecule has 3 heterocycles. The summed E-state index contributed by atoms with van der Waals surface area (Å²) in [7, 11) is -2.34. The van der Waals surface area contributed by atoms with Crippen LogP contribution in [0, 0.1) is 25.2 Å². The Hall–Kier alpha value is -7.57. The van der Waals surface area contributed by atoms with Crippen LogP contribution in [0.25, 0.3) is 27.7 Å². The summed E-state index contributed by atoms with van der Waals surface area (Å²) in [4.78, 5) is 34.6. The van der Waals surface area contributed by atoms with Gasteiger partial charge in [0.1, 0.15) is 29.3 Å². The lowest BCUT2D eigenvalue weighted by atomic mass is 9.97. The average Bonchev–Trinajstić information content (AvgIpc) is 3.86. The van der Waals surface area contributed by atoms with Gasteiger partial charge in [-0.1, -0.05) is 54.6 Å². The van der Waals surface area contributed by atoms with E-state index in [1.165, 1.54) is 12.1 Å². The van der Waals surface area contributed by atoms with Gasteiger partial charge in [0.2, 0.25) is 0 Å². The third kappa shape index (κ3) is 8.66. The van der Waals surface area contributed by atoms with Gasteiger partial charge >= 0.3 is 5.97 Å². The van der Waals surface area contributed by atoms with Crippen molar-refractivity contribution >= 4 is 44.2 Å². The molecule has 8 rings (SSSR count). The molecule has 1 atom stereocenters. The molecule has 3 N–H and O–H groups in total. The van der Waals surface area contributed by atoms with E-state index in [1.807, 2.05) is 93.8 Å². The van der Waals surface area contributed by atoms with Crippen molar-refractivity contribution in [1.29, 1.82) is 5.26 Å². The number of sulfonamides is 1. The Bertz CT molecular complexity index is 3080. The number of carbonyl (C=O) groups is 2. The second kappa shape index (κ2) is 16.7. The molecule has 7 aromatic rings. The van der Waals surface area contributed by atoms with Crippen molar-refractivity contribution in [3.05, 3.63) is 154 Å². The van der Waals surface area contributed by atoms with Crippen molar-refractivity contribution in [3.8, 4) is 28.6 Å². The number of rotatable bonds is 11. The molecule has 318 valence electrons. The fourth-order valence-corrected chi connectivity index (χ4v) is 8.68. The summed E-state index contributed by atoms with van der Waals surface area (Å²) < 4.78 is 42.4. The predicted octanol–water partition coefficient (Wildman–Crippen LogP) is 8.27. The Labute approximate surface area is 364 Å². The lowest BCUT2D eigenvalue weighted by Gasteiger charge is -2.21. The molecule has 1 aliphatic heterocycles. The zero-order valence-corrected chi connectivity index (χ0v) is 36.3. The van der Waals surface area contributed by atoms with Gasteiger partial charge in [-0.3, -0.25) is 23.9 Å². The first-order valence-corrected chi connectivity index (χ1v) is 21.6. The Kier molecular flexibility index (Phi) is 11.2. The molecule has 14 nitrogen and oxygen atoms in total. The Balaban J connectivity index is 0.958. The number of fused-ring (bicyclic) bond motifs is 4. The second-order valence-corrected chi connectivity index (χ2v) is 17.9. The van der Waals surface area contributed by atoms with Gasteiger partial charge < -0.3 is 19.8 Å². The van der Waals surface area contributed by atoms with Crippen LogP contribution in [-0.2, 0) is 26.1 Å². The lowest BCUT2D eigenvalue weighted by Crippen LogP contribution is -2.25. The Morgan fingerprint density at radius 1 is 0.889 bits per heavy atom. The van der Waals surface area contributed by atoms with Gasteiger partial charge in [0.05, 0.1) is 46.6 Å². The Morgan fingerprint density at radius 3 is 2.24 bits per heavy atom. The van der Waals surface area contributed by atoms with Crippen molar-refractivity contribution < 1.29 is 27.5 Å². The minimum atomic E-state index is -3.95. The predicted molar refractivity (Wildman–Crippen MR) is 240 cm³/mol. The molecule has 0 saturated heterocycles. The average molecular weight is 861 g/mol. The van der Waals surface area contributed by atoms with Crippen molar-refractivity contribution in [2.24, 2.45) is 4.99 Å². The van der Waals surface area contributed by atoms with E-state index in [1.54, 1.807) is 49.7 Å². The highest BCUT2D eigenvalue weighted by Crippen LogP contribution is 2.36. The zero-order chi connectivity index (χ0) is 44.6. The maximum absolute atomic E-state index is 13.3. The molecule has 63 heavy (non-hydrogen) atoms. The third-order valence-electron chi connectivity index (χ3n) is 10.6. The number of hydrogen-bond donors (Lipinski definition) is 3. The number of aromatic amines is 1. The van der Waals surface area contributed by atoms with Crippen LogP contribution in [-0.4, -0.2) is 58.5 Å². The number of nitrogens with one attached hydrogen (secondary N) is 3. The largest absolute Gasteiger partial charge is 0.497 e. The number of carbonyl (C=O) groups excluding carboxylic acids is 2.